The van der Waals surface area contributed by atoms with Crippen LogP contribution in [0, 0.1) is 0 Å². The van der Waals surface area contributed by atoms with Gasteiger partial charge in [-0.3, -0.25) is 19.8 Å². The first-order valence-corrected chi connectivity index (χ1v) is 14.2. The number of anilines is 1. The molecule has 11 heteroatoms. The smallest absolute Gasteiger partial charge is 0.262 e. The first-order valence-electron chi connectivity index (χ1n) is 13.4. The summed E-state index contributed by atoms with van der Waals surface area (Å²) in [5.74, 6) is -0.123. The highest BCUT2D eigenvalue weighted by molar-refractivity contribution is 7.16. The average Bonchev–Trinajstić information content (AvgIpc) is 3.65. The summed E-state index contributed by atoms with van der Waals surface area (Å²) in [6, 6.07) is 7.89. The number of benzene rings is 1. The molecule has 0 radical (unpaired) electrons. The van der Waals surface area contributed by atoms with Crippen LogP contribution in [-0.4, -0.2) is 81.1 Å². The highest BCUT2D eigenvalue weighted by Crippen LogP contribution is 2.27. The molecule has 40 heavy (non-hydrogen) atoms. The van der Waals surface area contributed by atoms with Gasteiger partial charge in [-0.25, -0.2) is 9.99 Å². The lowest BCUT2D eigenvalue weighted by molar-refractivity contribution is -0.119. The number of rotatable bonds is 14. The number of likely N-dealkylation sites (N-methyl/N-ethyl adjacent to an activating group) is 2. The molecular formula is C29H41N7O3S. The fourth-order valence-corrected chi connectivity index (χ4v) is 4.56. The Morgan fingerprint density at radius 3 is 2.58 bits per heavy atom. The van der Waals surface area contributed by atoms with Crippen molar-refractivity contribution >= 4 is 35.2 Å². The van der Waals surface area contributed by atoms with Crippen molar-refractivity contribution in [2.75, 3.05) is 57.8 Å². The van der Waals surface area contributed by atoms with Crippen molar-refractivity contribution in [3.8, 4) is 10.6 Å². The van der Waals surface area contributed by atoms with Crippen LogP contribution in [0.3, 0.4) is 0 Å². The number of amides is 3. The van der Waals surface area contributed by atoms with E-state index in [0.29, 0.717) is 24.4 Å². The molecule has 0 unspecified atom stereocenters. The molecule has 2 heterocycles. The second-order valence-corrected chi connectivity index (χ2v) is 9.70. The van der Waals surface area contributed by atoms with E-state index in [1.165, 1.54) is 16.9 Å². The van der Waals surface area contributed by atoms with Gasteiger partial charge < -0.3 is 20.9 Å². The third-order valence-corrected chi connectivity index (χ3v) is 6.87. The summed E-state index contributed by atoms with van der Waals surface area (Å²) >= 11 is 1.36. The number of hydrogen-bond donors (Lipinski definition) is 4. The maximum absolute atomic E-state index is 12.1. The summed E-state index contributed by atoms with van der Waals surface area (Å²) in [7, 11) is 1.60. The molecular weight excluding hydrogens is 526 g/mol. The number of allylic oxidation sites excluding steroid dienone is 3. The lowest BCUT2D eigenvalue weighted by Crippen LogP contribution is -2.39. The number of aromatic nitrogens is 1. The molecule has 0 spiro atoms. The van der Waals surface area contributed by atoms with E-state index >= 15 is 0 Å². The molecule has 0 atom stereocenters. The number of hydrazine groups is 1. The van der Waals surface area contributed by atoms with Crippen LogP contribution < -0.4 is 26.3 Å². The van der Waals surface area contributed by atoms with Crippen LogP contribution in [0.25, 0.3) is 10.6 Å². The lowest BCUT2D eigenvalue weighted by atomic mass is 10.2. The molecule has 1 aliphatic rings. The zero-order valence-corrected chi connectivity index (χ0v) is 24.6. The van der Waals surface area contributed by atoms with E-state index in [0.717, 1.165) is 49.0 Å². The van der Waals surface area contributed by atoms with Crippen molar-refractivity contribution in [2.24, 2.45) is 0 Å². The maximum Gasteiger partial charge on any atom is 0.262 e. The Kier molecular flexibility index (Phi) is 15.0. The van der Waals surface area contributed by atoms with Gasteiger partial charge >= 0.3 is 0 Å². The van der Waals surface area contributed by atoms with Gasteiger partial charge in [-0.1, -0.05) is 37.3 Å². The molecule has 0 saturated heterocycles. The van der Waals surface area contributed by atoms with E-state index in [4.69, 9.17) is 0 Å². The number of thiazole rings is 1. The minimum absolute atomic E-state index is 0.00831. The standard InChI is InChI=1S/C19H27N5O2S.C10H14N2O/c1-4-21-10-11-22-17(25)13-24(5-2)15-8-6-14(7-9-15)19-23-12-16(27-19)18(26)20-3;1-2-3-4-5-10-6-7-12(8-10)11-9-13/h6-9,12,21H,4-5,10-11,13H2,1-3H3,(H,20,26)(H,22,25);2-6,9H,7-8H2,1H3,(H,11,13)/b;3-2-,5-4-. The summed E-state index contributed by atoms with van der Waals surface area (Å²) in [4.78, 5) is 40.8. The quantitative estimate of drug-likeness (QED) is 0.158. The molecule has 216 valence electrons. The zero-order valence-electron chi connectivity index (χ0n) is 23.8. The topological polar surface area (TPSA) is 119 Å². The molecule has 1 aromatic heterocycles. The molecule has 1 aromatic carbocycles. The van der Waals surface area contributed by atoms with Gasteiger partial charge in [-0.05, 0) is 50.2 Å². The summed E-state index contributed by atoms with van der Waals surface area (Å²) in [6.45, 7) is 11.0. The summed E-state index contributed by atoms with van der Waals surface area (Å²) in [6.07, 6.45) is 12.4. The molecule has 3 rings (SSSR count). The largest absolute Gasteiger partial charge is 0.363 e. The molecule has 0 bridgehead atoms. The van der Waals surface area contributed by atoms with Crippen molar-refractivity contribution in [3.63, 3.8) is 0 Å². The van der Waals surface area contributed by atoms with Crippen molar-refractivity contribution in [1.82, 2.24) is 31.4 Å². The predicted octanol–water partition coefficient (Wildman–Crippen LogP) is 2.74. The number of carbonyl (C=O) groups is 3. The second kappa shape index (κ2) is 18.5. The zero-order chi connectivity index (χ0) is 29.2. The summed E-state index contributed by atoms with van der Waals surface area (Å²) < 4.78 is 0. The number of nitrogens with one attached hydrogen (secondary N) is 4. The first-order chi connectivity index (χ1) is 19.4. The third-order valence-electron chi connectivity index (χ3n) is 5.82. The van der Waals surface area contributed by atoms with E-state index in [9.17, 15) is 14.4 Å². The minimum Gasteiger partial charge on any atom is -0.363 e. The van der Waals surface area contributed by atoms with Crippen LogP contribution in [0.1, 0.15) is 30.4 Å². The van der Waals surface area contributed by atoms with Gasteiger partial charge in [0.25, 0.3) is 5.91 Å². The number of carbonyl (C=O) groups excluding carboxylic acids is 3. The molecule has 0 aliphatic carbocycles. The Morgan fingerprint density at radius 2 is 1.93 bits per heavy atom. The van der Waals surface area contributed by atoms with E-state index in [2.05, 4.69) is 32.4 Å². The Balaban J connectivity index is 0.000000360. The number of nitrogens with zero attached hydrogens (tertiary/aromatic N) is 3. The minimum atomic E-state index is -0.132. The van der Waals surface area contributed by atoms with Crippen molar-refractivity contribution in [1.29, 1.82) is 0 Å². The molecule has 2 aromatic rings. The second-order valence-electron chi connectivity index (χ2n) is 8.66. The first kappa shape index (κ1) is 32.4. The van der Waals surface area contributed by atoms with E-state index < -0.39 is 0 Å². The molecule has 4 N–H and O–H groups in total. The van der Waals surface area contributed by atoms with E-state index in [1.807, 2.05) is 79.2 Å². The van der Waals surface area contributed by atoms with Gasteiger partial charge in [-0.2, -0.15) is 0 Å². The van der Waals surface area contributed by atoms with Crippen molar-refractivity contribution < 1.29 is 14.4 Å². The van der Waals surface area contributed by atoms with Crippen LogP contribution in [0.15, 0.2) is 66.4 Å². The van der Waals surface area contributed by atoms with Gasteiger partial charge in [-0.15, -0.1) is 11.3 Å². The van der Waals surface area contributed by atoms with Gasteiger partial charge in [0, 0.05) is 51.0 Å². The van der Waals surface area contributed by atoms with E-state index in [1.54, 1.807) is 13.2 Å². The number of hydrogen-bond acceptors (Lipinski definition) is 8. The normalized spacial score (nSPS) is 13.1. The van der Waals surface area contributed by atoms with Crippen LogP contribution in [0.4, 0.5) is 5.69 Å². The van der Waals surface area contributed by atoms with E-state index in [-0.39, 0.29) is 11.8 Å². The summed E-state index contributed by atoms with van der Waals surface area (Å²) in [5.41, 5.74) is 5.77. The van der Waals surface area contributed by atoms with Crippen LogP contribution >= 0.6 is 11.3 Å². The highest BCUT2D eigenvalue weighted by atomic mass is 32.1. The Hall–Kier alpha value is -3.80. The Labute approximate surface area is 241 Å². The van der Waals surface area contributed by atoms with Gasteiger partial charge in [0.15, 0.2) is 0 Å². The summed E-state index contributed by atoms with van der Waals surface area (Å²) in [5, 5.41) is 11.3. The lowest BCUT2D eigenvalue weighted by Gasteiger charge is -2.22. The SMILES string of the molecule is C/C=C\C=C/C1=CCN(NC=O)C1.CCNCCNC(=O)CN(CC)c1ccc(-c2ncc(C(=O)NC)s2)cc1. The fraction of sp³-hybridized carbons (Fsp3) is 0.379. The van der Waals surface area contributed by atoms with Crippen LogP contribution in [0.2, 0.25) is 0 Å². The molecule has 1 aliphatic heterocycles. The van der Waals surface area contributed by atoms with Gasteiger partial charge in [0.2, 0.25) is 12.3 Å². The molecule has 0 saturated carbocycles. The Morgan fingerprint density at radius 1 is 1.15 bits per heavy atom. The third kappa shape index (κ3) is 11.1. The molecule has 3 amide bonds. The van der Waals surface area contributed by atoms with Crippen LogP contribution in [-0.2, 0) is 9.59 Å². The fourth-order valence-electron chi connectivity index (χ4n) is 3.69. The monoisotopic (exact) mass is 567 g/mol. The Bertz CT molecular complexity index is 1160. The van der Waals surface area contributed by atoms with Gasteiger partial charge in [0.1, 0.15) is 9.88 Å². The molecule has 10 nitrogen and oxygen atoms in total. The van der Waals surface area contributed by atoms with Crippen LogP contribution in [0.5, 0.6) is 0 Å². The van der Waals surface area contributed by atoms with Gasteiger partial charge in [0.05, 0.1) is 12.7 Å². The average molecular weight is 568 g/mol. The maximum atomic E-state index is 12.1. The van der Waals surface area contributed by atoms with Crippen molar-refractivity contribution in [3.05, 3.63) is 71.3 Å². The molecule has 0 fully saturated rings. The highest BCUT2D eigenvalue weighted by Gasteiger charge is 2.13. The predicted molar refractivity (Wildman–Crippen MR) is 163 cm³/mol. The van der Waals surface area contributed by atoms with Crippen molar-refractivity contribution in [2.45, 2.75) is 20.8 Å².